The molecule has 0 amide bonds. The van der Waals surface area contributed by atoms with Crippen molar-refractivity contribution >= 4 is 12.2 Å². The van der Waals surface area contributed by atoms with Gasteiger partial charge in [-0.2, -0.15) is 5.10 Å². The lowest BCUT2D eigenvalue weighted by Gasteiger charge is -2.04. The number of rotatable bonds is 1. The van der Waals surface area contributed by atoms with Crippen molar-refractivity contribution < 1.29 is 0 Å². The summed E-state index contributed by atoms with van der Waals surface area (Å²) in [6.45, 7) is 0. The van der Waals surface area contributed by atoms with Crippen LogP contribution in [0.5, 0.6) is 0 Å². The van der Waals surface area contributed by atoms with E-state index < -0.39 is 0 Å². The van der Waals surface area contributed by atoms with E-state index in [0.717, 1.165) is 5.82 Å². The SMILES string of the molecule is Cn1nccc1-n1ccc(=O)[nH]c1=S. The van der Waals surface area contributed by atoms with E-state index in [-0.39, 0.29) is 5.56 Å². The molecule has 0 aliphatic carbocycles. The van der Waals surface area contributed by atoms with Crippen LogP contribution in [0.15, 0.2) is 29.3 Å². The van der Waals surface area contributed by atoms with Crippen molar-refractivity contribution in [1.82, 2.24) is 19.3 Å². The van der Waals surface area contributed by atoms with Gasteiger partial charge in [0.15, 0.2) is 4.77 Å². The van der Waals surface area contributed by atoms with E-state index in [1.54, 1.807) is 21.6 Å². The Morgan fingerprint density at radius 1 is 1.50 bits per heavy atom. The van der Waals surface area contributed by atoms with Crippen LogP contribution < -0.4 is 5.56 Å². The van der Waals surface area contributed by atoms with E-state index in [9.17, 15) is 4.79 Å². The first-order valence-corrected chi connectivity index (χ1v) is 4.39. The lowest BCUT2D eigenvalue weighted by atomic mass is 10.5. The molecule has 2 aromatic heterocycles. The lowest BCUT2D eigenvalue weighted by Crippen LogP contribution is -2.12. The van der Waals surface area contributed by atoms with Crippen LogP contribution in [0, 0.1) is 4.77 Å². The Balaban J connectivity index is 2.70. The van der Waals surface area contributed by atoms with Crippen molar-refractivity contribution in [1.29, 1.82) is 0 Å². The van der Waals surface area contributed by atoms with Crippen molar-refractivity contribution in [3.05, 3.63) is 39.7 Å². The van der Waals surface area contributed by atoms with E-state index >= 15 is 0 Å². The Morgan fingerprint density at radius 2 is 2.29 bits per heavy atom. The van der Waals surface area contributed by atoms with E-state index in [1.165, 1.54) is 6.07 Å². The van der Waals surface area contributed by atoms with Gasteiger partial charge in [0.1, 0.15) is 5.82 Å². The summed E-state index contributed by atoms with van der Waals surface area (Å²) in [7, 11) is 1.81. The van der Waals surface area contributed by atoms with E-state index in [4.69, 9.17) is 12.2 Å². The summed E-state index contributed by atoms with van der Waals surface area (Å²) in [6, 6.07) is 3.23. The maximum absolute atomic E-state index is 10.9. The van der Waals surface area contributed by atoms with Crippen molar-refractivity contribution in [3.8, 4) is 5.82 Å². The molecule has 72 valence electrons. The summed E-state index contributed by atoms with van der Waals surface area (Å²) in [5, 5.41) is 4.01. The van der Waals surface area contributed by atoms with Crippen LogP contribution in [0.4, 0.5) is 0 Å². The predicted molar refractivity (Wildman–Crippen MR) is 54.0 cm³/mol. The van der Waals surface area contributed by atoms with E-state index in [1.807, 2.05) is 13.1 Å². The van der Waals surface area contributed by atoms with Crippen molar-refractivity contribution in [2.45, 2.75) is 0 Å². The van der Waals surface area contributed by atoms with E-state index in [2.05, 4.69) is 10.1 Å². The minimum absolute atomic E-state index is 0.201. The molecule has 0 spiro atoms. The smallest absolute Gasteiger partial charge is 0.251 e. The number of nitrogens with one attached hydrogen (secondary N) is 1. The number of nitrogens with zero attached hydrogens (tertiary/aromatic N) is 3. The van der Waals surface area contributed by atoms with Crippen LogP contribution in [0.25, 0.3) is 5.82 Å². The summed E-state index contributed by atoms with van der Waals surface area (Å²) >= 11 is 5.01. The van der Waals surface area contributed by atoms with Crippen LogP contribution in [-0.4, -0.2) is 19.3 Å². The number of H-pyrrole nitrogens is 1. The second-order valence-corrected chi connectivity index (χ2v) is 3.18. The molecule has 0 radical (unpaired) electrons. The summed E-state index contributed by atoms with van der Waals surface area (Å²) in [4.78, 5) is 13.5. The third kappa shape index (κ3) is 1.39. The second-order valence-electron chi connectivity index (χ2n) is 2.79. The molecular weight excluding hydrogens is 200 g/mol. The first-order chi connectivity index (χ1) is 6.68. The highest BCUT2D eigenvalue weighted by Gasteiger charge is 2.00. The predicted octanol–water partition coefficient (Wildman–Crippen LogP) is 0.629. The minimum atomic E-state index is -0.201. The van der Waals surface area contributed by atoms with Crippen LogP contribution in [-0.2, 0) is 7.05 Å². The van der Waals surface area contributed by atoms with Gasteiger partial charge < -0.3 is 0 Å². The maximum Gasteiger partial charge on any atom is 0.251 e. The van der Waals surface area contributed by atoms with Gasteiger partial charge in [-0.05, 0) is 12.2 Å². The number of aromatic amines is 1. The largest absolute Gasteiger partial charge is 0.299 e. The van der Waals surface area contributed by atoms with Gasteiger partial charge in [-0.25, -0.2) is 0 Å². The highest BCUT2D eigenvalue weighted by atomic mass is 32.1. The highest BCUT2D eigenvalue weighted by molar-refractivity contribution is 7.71. The molecule has 0 fully saturated rings. The molecule has 0 saturated carbocycles. The Hall–Kier alpha value is -1.69. The standard InChI is InChI=1S/C8H8N4OS/c1-11-7(2-4-9-11)12-5-3-6(13)10-8(12)14/h2-5H,1H3,(H,10,13,14). The van der Waals surface area contributed by atoms with E-state index in [0.29, 0.717) is 4.77 Å². The van der Waals surface area contributed by atoms with Crippen LogP contribution in [0.2, 0.25) is 0 Å². The van der Waals surface area contributed by atoms with Gasteiger partial charge in [-0.15, -0.1) is 0 Å². The summed E-state index contributed by atoms with van der Waals surface area (Å²) < 4.78 is 3.72. The summed E-state index contributed by atoms with van der Waals surface area (Å²) in [5.41, 5.74) is -0.201. The molecule has 0 aliphatic heterocycles. The molecule has 0 aromatic carbocycles. The summed E-state index contributed by atoms with van der Waals surface area (Å²) in [6.07, 6.45) is 3.29. The number of aromatic nitrogens is 4. The fourth-order valence-corrected chi connectivity index (χ4v) is 1.46. The Bertz CT molecular complexity index is 565. The fourth-order valence-electron chi connectivity index (χ4n) is 1.20. The monoisotopic (exact) mass is 208 g/mol. The Labute approximate surface area is 84.6 Å². The van der Waals surface area contributed by atoms with Crippen LogP contribution >= 0.6 is 12.2 Å². The molecule has 2 rings (SSSR count). The van der Waals surface area contributed by atoms with Crippen molar-refractivity contribution in [2.75, 3.05) is 0 Å². The Kier molecular flexibility index (Phi) is 2.05. The van der Waals surface area contributed by atoms with Crippen LogP contribution in [0.1, 0.15) is 0 Å². The van der Waals surface area contributed by atoms with Gasteiger partial charge in [0.05, 0.1) is 6.20 Å². The molecular formula is C8H8N4OS. The molecule has 2 heterocycles. The average molecular weight is 208 g/mol. The molecule has 0 atom stereocenters. The minimum Gasteiger partial charge on any atom is -0.299 e. The van der Waals surface area contributed by atoms with Crippen molar-refractivity contribution in [2.24, 2.45) is 7.05 Å². The molecule has 14 heavy (non-hydrogen) atoms. The molecule has 2 aromatic rings. The molecule has 1 N–H and O–H groups in total. The quantitative estimate of drug-likeness (QED) is 0.699. The number of hydrogen-bond acceptors (Lipinski definition) is 3. The second kappa shape index (κ2) is 3.22. The van der Waals surface area contributed by atoms with Gasteiger partial charge >= 0.3 is 0 Å². The Morgan fingerprint density at radius 3 is 2.86 bits per heavy atom. The summed E-state index contributed by atoms with van der Waals surface area (Å²) in [5.74, 6) is 0.811. The topological polar surface area (TPSA) is 55.6 Å². The first-order valence-electron chi connectivity index (χ1n) is 3.99. The molecule has 5 nitrogen and oxygen atoms in total. The molecule has 0 bridgehead atoms. The lowest BCUT2D eigenvalue weighted by molar-refractivity contribution is 0.718. The number of aryl methyl sites for hydroxylation is 1. The molecule has 6 heteroatoms. The zero-order valence-corrected chi connectivity index (χ0v) is 8.28. The molecule has 0 unspecified atom stereocenters. The van der Waals surface area contributed by atoms with Gasteiger partial charge in [-0.3, -0.25) is 19.0 Å². The average Bonchev–Trinajstić information content (AvgIpc) is 2.52. The molecule has 0 saturated heterocycles. The molecule has 0 aliphatic rings. The maximum atomic E-state index is 10.9. The third-order valence-corrected chi connectivity index (χ3v) is 2.16. The highest BCUT2D eigenvalue weighted by Crippen LogP contribution is 2.03. The third-order valence-electron chi connectivity index (χ3n) is 1.87. The van der Waals surface area contributed by atoms with Gasteiger partial charge in [0, 0.05) is 25.4 Å². The first kappa shape index (κ1) is 8.89. The fraction of sp³-hybridized carbons (Fsp3) is 0.125. The van der Waals surface area contributed by atoms with Gasteiger partial charge in [0.25, 0.3) is 5.56 Å². The normalized spacial score (nSPS) is 10.4. The number of hydrogen-bond donors (Lipinski definition) is 1. The van der Waals surface area contributed by atoms with Gasteiger partial charge in [0.2, 0.25) is 0 Å². The zero-order chi connectivity index (χ0) is 10.1. The van der Waals surface area contributed by atoms with Crippen LogP contribution in [0.3, 0.4) is 0 Å². The zero-order valence-electron chi connectivity index (χ0n) is 7.47. The van der Waals surface area contributed by atoms with Crippen molar-refractivity contribution in [3.63, 3.8) is 0 Å². The van der Waals surface area contributed by atoms with Gasteiger partial charge in [-0.1, -0.05) is 0 Å².